The standard InChI is InChI=1S/C37H47N3O6/c1-6-26(2)32(40-33(41)30(39-36(44)46-37(3,4)5)23-22-27-16-10-7-11-17-27)34(42)38-31(24-28-18-12-8-13-19-28)35(43)45-25-29-20-14-9-15-21-29/h7-21,26,30-32H,6,22-25H2,1-5H3,(H,38,42)(H,39,44)(H,40,41)/t26?,30-,31-,32?/m0/s1. The van der Waals surface area contributed by atoms with Gasteiger partial charge in [-0.25, -0.2) is 9.59 Å². The van der Waals surface area contributed by atoms with Gasteiger partial charge in [-0.3, -0.25) is 9.59 Å². The van der Waals surface area contributed by atoms with Crippen molar-refractivity contribution in [3.05, 3.63) is 108 Å². The number of rotatable bonds is 15. The van der Waals surface area contributed by atoms with Crippen LogP contribution >= 0.6 is 0 Å². The third-order valence-electron chi connectivity index (χ3n) is 7.47. The van der Waals surface area contributed by atoms with E-state index in [9.17, 15) is 19.2 Å². The highest BCUT2D eigenvalue weighted by Gasteiger charge is 2.33. The number of alkyl carbamates (subject to hydrolysis) is 1. The second-order valence-electron chi connectivity index (χ2n) is 12.4. The van der Waals surface area contributed by atoms with E-state index in [0.717, 1.165) is 16.7 Å². The van der Waals surface area contributed by atoms with Gasteiger partial charge in [0.05, 0.1) is 0 Å². The fourth-order valence-electron chi connectivity index (χ4n) is 4.76. The van der Waals surface area contributed by atoms with E-state index in [2.05, 4.69) is 16.0 Å². The fourth-order valence-corrected chi connectivity index (χ4v) is 4.76. The molecular formula is C37H47N3O6. The minimum Gasteiger partial charge on any atom is -0.459 e. The van der Waals surface area contributed by atoms with Crippen LogP contribution in [0.25, 0.3) is 0 Å². The molecule has 0 aliphatic carbocycles. The second-order valence-corrected chi connectivity index (χ2v) is 12.4. The van der Waals surface area contributed by atoms with Crippen LogP contribution in [-0.4, -0.2) is 47.6 Å². The number of carbonyl (C=O) groups is 4. The van der Waals surface area contributed by atoms with Crippen LogP contribution in [0.5, 0.6) is 0 Å². The third kappa shape index (κ3) is 12.4. The summed E-state index contributed by atoms with van der Waals surface area (Å²) in [7, 11) is 0. The molecule has 4 atom stereocenters. The van der Waals surface area contributed by atoms with E-state index < -0.39 is 47.6 Å². The van der Waals surface area contributed by atoms with E-state index >= 15 is 0 Å². The van der Waals surface area contributed by atoms with E-state index in [1.807, 2.05) is 105 Å². The Balaban J connectivity index is 1.78. The third-order valence-corrected chi connectivity index (χ3v) is 7.47. The molecule has 3 amide bonds. The number of benzene rings is 3. The van der Waals surface area contributed by atoms with Crippen LogP contribution in [0, 0.1) is 5.92 Å². The normalized spacial score (nSPS) is 13.8. The lowest BCUT2D eigenvalue weighted by atomic mass is 9.96. The lowest BCUT2D eigenvalue weighted by molar-refractivity contribution is -0.149. The molecule has 246 valence electrons. The van der Waals surface area contributed by atoms with Gasteiger partial charge in [-0.05, 0) is 56.2 Å². The predicted molar refractivity (Wildman–Crippen MR) is 178 cm³/mol. The van der Waals surface area contributed by atoms with Crippen molar-refractivity contribution in [2.24, 2.45) is 5.92 Å². The van der Waals surface area contributed by atoms with Crippen LogP contribution in [0.2, 0.25) is 0 Å². The van der Waals surface area contributed by atoms with Gasteiger partial charge < -0.3 is 25.4 Å². The van der Waals surface area contributed by atoms with Crippen molar-refractivity contribution in [2.45, 2.75) is 90.6 Å². The molecule has 2 unspecified atom stereocenters. The van der Waals surface area contributed by atoms with E-state index in [1.54, 1.807) is 20.8 Å². The van der Waals surface area contributed by atoms with Crippen LogP contribution in [0.1, 0.15) is 64.2 Å². The molecule has 3 rings (SSSR count). The number of nitrogens with one attached hydrogen (secondary N) is 3. The number of amides is 3. The summed E-state index contributed by atoms with van der Waals surface area (Å²) >= 11 is 0. The summed E-state index contributed by atoms with van der Waals surface area (Å²) in [5, 5.41) is 8.41. The Bertz CT molecular complexity index is 1390. The maximum atomic E-state index is 13.8. The highest BCUT2D eigenvalue weighted by Crippen LogP contribution is 2.14. The molecule has 9 nitrogen and oxygen atoms in total. The Morgan fingerprint density at radius 2 is 1.24 bits per heavy atom. The van der Waals surface area contributed by atoms with Gasteiger partial charge in [0.2, 0.25) is 11.8 Å². The van der Waals surface area contributed by atoms with Gasteiger partial charge in [-0.15, -0.1) is 0 Å². The van der Waals surface area contributed by atoms with Crippen molar-refractivity contribution >= 4 is 23.9 Å². The van der Waals surface area contributed by atoms with Crippen LogP contribution < -0.4 is 16.0 Å². The first kappa shape index (κ1) is 35.8. The minimum atomic E-state index is -0.990. The zero-order chi connectivity index (χ0) is 33.5. The van der Waals surface area contributed by atoms with Gasteiger partial charge >= 0.3 is 12.1 Å². The number of carbonyl (C=O) groups excluding carboxylic acids is 4. The molecular weight excluding hydrogens is 582 g/mol. The molecule has 3 N–H and O–H groups in total. The minimum absolute atomic E-state index is 0.0613. The topological polar surface area (TPSA) is 123 Å². The predicted octanol–water partition coefficient (Wildman–Crippen LogP) is 5.51. The Morgan fingerprint density at radius 3 is 1.78 bits per heavy atom. The molecule has 0 aliphatic heterocycles. The molecule has 9 heteroatoms. The quantitative estimate of drug-likeness (QED) is 0.191. The van der Waals surface area contributed by atoms with Gasteiger partial charge in [0, 0.05) is 6.42 Å². The molecule has 46 heavy (non-hydrogen) atoms. The average molecular weight is 630 g/mol. The Morgan fingerprint density at radius 1 is 0.696 bits per heavy atom. The summed E-state index contributed by atoms with van der Waals surface area (Å²) in [6, 6.07) is 25.3. The molecule has 3 aromatic carbocycles. The number of hydrogen-bond donors (Lipinski definition) is 3. The van der Waals surface area contributed by atoms with Gasteiger partial charge in [0.15, 0.2) is 0 Å². The highest BCUT2D eigenvalue weighted by atomic mass is 16.6. The van der Waals surface area contributed by atoms with E-state index in [4.69, 9.17) is 9.47 Å². The summed E-state index contributed by atoms with van der Waals surface area (Å²) in [5.41, 5.74) is 1.91. The maximum absolute atomic E-state index is 13.8. The Hall–Kier alpha value is -4.66. The van der Waals surface area contributed by atoms with Crippen LogP contribution in [0.15, 0.2) is 91.0 Å². The zero-order valence-corrected chi connectivity index (χ0v) is 27.5. The summed E-state index contributed by atoms with van der Waals surface area (Å²) in [6.45, 7) is 9.05. The van der Waals surface area contributed by atoms with Crippen molar-refractivity contribution in [3.8, 4) is 0 Å². The summed E-state index contributed by atoms with van der Waals surface area (Å²) in [6.07, 6.45) is 0.859. The van der Waals surface area contributed by atoms with Gasteiger partial charge in [0.25, 0.3) is 0 Å². The number of hydrogen-bond acceptors (Lipinski definition) is 6. The smallest absolute Gasteiger partial charge is 0.408 e. The molecule has 0 spiro atoms. The first-order chi connectivity index (χ1) is 21.9. The first-order valence-corrected chi connectivity index (χ1v) is 15.8. The number of ether oxygens (including phenoxy) is 2. The van der Waals surface area contributed by atoms with Crippen LogP contribution in [-0.2, 0) is 43.3 Å². The average Bonchev–Trinajstić information content (AvgIpc) is 3.04. The fraction of sp³-hybridized carbons (Fsp3) is 0.405. The lowest BCUT2D eigenvalue weighted by Gasteiger charge is -2.28. The maximum Gasteiger partial charge on any atom is 0.408 e. The first-order valence-electron chi connectivity index (χ1n) is 15.8. The van der Waals surface area contributed by atoms with Crippen LogP contribution in [0.3, 0.4) is 0 Å². The molecule has 0 saturated carbocycles. The van der Waals surface area contributed by atoms with E-state index in [-0.39, 0.29) is 25.4 Å². The summed E-state index contributed by atoms with van der Waals surface area (Å²) in [4.78, 5) is 53.6. The van der Waals surface area contributed by atoms with Crippen LogP contribution in [0.4, 0.5) is 4.79 Å². The van der Waals surface area contributed by atoms with Crippen molar-refractivity contribution in [1.29, 1.82) is 0 Å². The largest absolute Gasteiger partial charge is 0.459 e. The highest BCUT2D eigenvalue weighted by molar-refractivity contribution is 5.93. The monoisotopic (exact) mass is 629 g/mol. The van der Waals surface area contributed by atoms with Crippen molar-refractivity contribution < 1.29 is 28.7 Å². The zero-order valence-electron chi connectivity index (χ0n) is 27.5. The number of aryl methyl sites for hydroxylation is 1. The van der Waals surface area contributed by atoms with Gasteiger partial charge in [0.1, 0.15) is 30.3 Å². The molecule has 3 aromatic rings. The Labute approximate surface area is 272 Å². The molecule has 0 saturated heterocycles. The summed E-state index contributed by atoms with van der Waals surface area (Å²) in [5.74, 6) is -1.89. The van der Waals surface area contributed by atoms with Crippen molar-refractivity contribution in [2.75, 3.05) is 0 Å². The molecule has 0 radical (unpaired) electrons. The SMILES string of the molecule is CCC(C)C(NC(=O)[C@H](CCc1ccccc1)NC(=O)OC(C)(C)C)C(=O)N[C@@H](Cc1ccccc1)C(=O)OCc1ccccc1. The van der Waals surface area contributed by atoms with Gasteiger partial charge in [-0.1, -0.05) is 111 Å². The Kier molecular flexibility index (Phi) is 13.8. The molecule has 0 fully saturated rings. The molecule has 0 heterocycles. The van der Waals surface area contributed by atoms with E-state index in [1.165, 1.54) is 0 Å². The molecule has 0 aromatic heterocycles. The number of esters is 1. The molecule has 0 bridgehead atoms. The molecule has 0 aliphatic rings. The second kappa shape index (κ2) is 17.7. The van der Waals surface area contributed by atoms with Crippen molar-refractivity contribution in [1.82, 2.24) is 16.0 Å². The van der Waals surface area contributed by atoms with E-state index in [0.29, 0.717) is 12.8 Å². The van der Waals surface area contributed by atoms with Gasteiger partial charge in [-0.2, -0.15) is 0 Å². The summed E-state index contributed by atoms with van der Waals surface area (Å²) < 4.78 is 11.0. The van der Waals surface area contributed by atoms with Crippen molar-refractivity contribution in [3.63, 3.8) is 0 Å². The lowest BCUT2D eigenvalue weighted by Crippen LogP contribution is -2.58.